The number of hydrogen-bond donors (Lipinski definition) is 1. The largest absolute Gasteiger partial charge is 0.419 e. The lowest BCUT2D eigenvalue weighted by atomic mass is 10.2. The van der Waals surface area contributed by atoms with Gasteiger partial charge in [-0.1, -0.05) is 19.1 Å². The molecule has 1 aromatic heterocycles. The molecule has 1 amide bonds. The van der Waals surface area contributed by atoms with Crippen molar-refractivity contribution in [2.75, 3.05) is 19.6 Å². The van der Waals surface area contributed by atoms with Gasteiger partial charge in [-0.15, -0.1) is 0 Å². The molecule has 0 radical (unpaired) electrons. The highest BCUT2D eigenvalue weighted by atomic mass is 16.4. The minimum Gasteiger partial charge on any atom is -0.408 e. The zero-order valence-electron chi connectivity index (χ0n) is 14.2. The number of aromatic nitrogens is 1. The standard InChI is InChI=1S/C18H25N3O3/c1-2-14(20-10-5-6-11-20)13-19-17(22)9-12-21-15-7-3-4-8-16(15)24-18(21)23/h3-4,7-8,14H,2,5-6,9-13H2,1H3,(H,19,22)/t14-/m0/s1. The SMILES string of the molecule is CC[C@@H](CNC(=O)CCn1c(=O)oc2ccccc21)N1CCCC1. The molecule has 1 saturated heterocycles. The monoisotopic (exact) mass is 331 g/mol. The number of nitrogens with one attached hydrogen (secondary N) is 1. The Bertz CT molecular complexity index is 743. The molecular formula is C18H25N3O3. The molecule has 0 bridgehead atoms. The zero-order valence-corrected chi connectivity index (χ0v) is 14.2. The van der Waals surface area contributed by atoms with Crippen LogP contribution in [0, 0.1) is 0 Å². The summed E-state index contributed by atoms with van der Waals surface area (Å²) in [5.74, 6) is -0.433. The summed E-state index contributed by atoms with van der Waals surface area (Å²) in [5, 5.41) is 3.01. The molecule has 130 valence electrons. The summed E-state index contributed by atoms with van der Waals surface area (Å²) in [4.78, 5) is 26.5. The molecule has 2 aromatic rings. The second-order valence-corrected chi connectivity index (χ2v) is 6.35. The third kappa shape index (κ3) is 3.70. The van der Waals surface area contributed by atoms with E-state index >= 15 is 0 Å². The third-order valence-electron chi connectivity index (χ3n) is 4.80. The van der Waals surface area contributed by atoms with Gasteiger partial charge >= 0.3 is 5.76 Å². The van der Waals surface area contributed by atoms with Crippen LogP contribution in [0.25, 0.3) is 11.1 Å². The van der Waals surface area contributed by atoms with Gasteiger partial charge in [0, 0.05) is 25.6 Å². The highest BCUT2D eigenvalue weighted by Gasteiger charge is 2.20. The van der Waals surface area contributed by atoms with E-state index in [-0.39, 0.29) is 12.3 Å². The fourth-order valence-corrected chi connectivity index (χ4v) is 3.40. The van der Waals surface area contributed by atoms with Crippen LogP contribution in [0.4, 0.5) is 0 Å². The van der Waals surface area contributed by atoms with Crippen LogP contribution < -0.4 is 11.1 Å². The normalized spacial score (nSPS) is 16.5. The van der Waals surface area contributed by atoms with Crippen molar-refractivity contribution in [2.24, 2.45) is 0 Å². The third-order valence-corrected chi connectivity index (χ3v) is 4.80. The van der Waals surface area contributed by atoms with Gasteiger partial charge in [-0.3, -0.25) is 14.3 Å². The lowest BCUT2D eigenvalue weighted by molar-refractivity contribution is -0.121. The van der Waals surface area contributed by atoms with Crippen molar-refractivity contribution < 1.29 is 9.21 Å². The molecule has 1 N–H and O–H groups in total. The van der Waals surface area contributed by atoms with E-state index in [1.54, 1.807) is 6.07 Å². The number of benzene rings is 1. The van der Waals surface area contributed by atoms with Crippen LogP contribution in [0.1, 0.15) is 32.6 Å². The number of carbonyl (C=O) groups is 1. The van der Waals surface area contributed by atoms with E-state index in [4.69, 9.17) is 4.42 Å². The van der Waals surface area contributed by atoms with E-state index in [9.17, 15) is 9.59 Å². The number of likely N-dealkylation sites (tertiary alicyclic amines) is 1. The molecule has 3 rings (SSSR count). The maximum absolute atomic E-state index is 12.1. The van der Waals surface area contributed by atoms with Crippen molar-refractivity contribution in [3.8, 4) is 0 Å². The summed E-state index contributed by atoms with van der Waals surface area (Å²) < 4.78 is 6.70. The molecule has 24 heavy (non-hydrogen) atoms. The Morgan fingerprint density at radius 1 is 1.29 bits per heavy atom. The highest BCUT2D eigenvalue weighted by Crippen LogP contribution is 2.14. The Kier molecular flexibility index (Phi) is 5.35. The van der Waals surface area contributed by atoms with Gasteiger partial charge < -0.3 is 9.73 Å². The van der Waals surface area contributed by atoms with Crippen molar-refractivity contribution >= 4 is 17.0 Å². The molecule has 0 saturated carbocycles. The fourth-order valence-electron chi connectivity index (χ4n) is 3.40. The summed E-state index contributed by atoms with van der Waals surface area (Å²) in [7, 11) is 0. The van der Waals surface area contributed by atoms with Gasteiger partial charge in [0.25, 0.3) is 0 Å². The summed E-state index contributed by atoms with van der Waals surface area (Å²) >= 11 is 0. The predicted octanol–water partition coefficient (Wildman–Crippen LogP) is 1.98. The maximum atomic E-state index is 12.1. The number of oxazole rings is 1. The Balaban J connectivity index is 1.53. The van der Waals surface area contributed by atoms with Crippen LogP contribution in [-0.4, -0.2) is 41.1 Å². The predicted molar refractivity (Wildman–Crippen MR) is 93.0 cm³/mol. The van der Waals surface area contributed by atoms with Gasteiger partial charge in [0.1, 0.15) is 0 Å². The minimum absolute atomic E-state index is 0.0233. The van der Waals surface area contributed by atoms with Gasteiger partial charge in [0.2, 0.25) is 5.91 Å². The van der Waals surface area contributed by atoms with E-state index in [1.807, 2.05) is 18.2 Å². The van der Waals surface area contributed by atoms with Gasteiger partial charge in [-0.05, 0) is 44.5 Å². The quantitative estimate of drug-likeness (QED) is 0.842. The molecule has 1 aliphatic heterocycles. The second-order valence-electron chi connectivity index (χ2n) is 6.35. The Morgan fingerprint density at radius 2 is 2.04 bits per heavy atom. The van der Waals surface area contributed by atoms with E-state index < -0.39 is 5.76 Å². The second kappa shape index (κ2) is 7.66. The summed E-state index contributed by atoms with van der Waals surface area (Å²) in [6.45, 7) is 5.43. The molecule has 0 aliphatic carbocycles. The molecule has 2 heterocycles. The van der Waals surface area contributed by atoms with E-state index in [0.717, 1.165) is 25.0 Å². The van der Waals surface area contributed by atoms with Gasteiger partial charge in [0.15, 0.2) is 5.58 Å². The highest BCUT2D eigenvalue weighted by molar-refractivity contribution is 5.76. The summed E-state index contributed by atoms with van der Waals surface area (Å²) in [6, 6.07) is 7.68. The first-order chi connectivity index (χ1) is 11.7. The van der Waals surface area contributed by atoms with Gasteiger partial charge in [-0.25, -0.2) is 4.79 Å². The smallest absolute Gasteiger partial charge is 0.408 e. The van der Waals surface area contributed by atoms with Gasteiger partial charge in [-0.2, -0.15) is 0 Å². The Hall–Kier alpha value is -2.08. The van der Waals surface area contributed by atoms with Crippen LogP contribution in [-0.2, 0) is 11.3 Å². The molecule has 1 aromatic carbocycles. The first-order valence-electron chi connectivity index (χ1n) is 8.78. The number of rotatable bonds is 7. The summed E-state index contributed by atoms with van der Waals surface area (Å²) in [6.07, 6.45) is 3.81. The molecule has 1 atom stereocenters. The molecule has 1 fully saturated rings. The molecule has 6 heteroatoms. The molecule has 1 aliphatic rings. The van der Waals surface area contributed by atoms with Crippen LogP contribution in [0.15, 0.2) is 33.5 Å². The average molecular weight is 331 g/mol. The van der Waals surface area contributed by atoms with Crippen LogP contribution in [0.2, 0.25) is 0 Å². The van der Waals surface area contributed by atoms with Crippen LogP contribution in [0.3, 0.4) is 0 Å². The minimum atomic E-state index is -0.410. The van der Waals surface area contributed by atoms with Gasteiger partial charge in [0.05, 0.1) is 5.52 Å². The van der Waals surface area contributed by atoms with Crippen molar-refractivity contribution in [1.29, 1.82) is 0 Å². The lowest BCUT2D eigenvalue weighted by Gasteiger charge is -2.26. The van der Waals surface area contributed by atoms with E-state index in [1.165, 1.54) is 17.4 Å². The summed E-state index contributed by atoms with van der Waals surface area (Å²) in [5.41, 5.74) is 1.29. The number of nitrogens with zero attached hydrogens (tertiary/aromatic N) is 2. The fraction of sp³-hybridized carbons (Fsp3) is 0.556. The number of para-hydroxylation sites is 2. The van der Waals surface area contributed by atoms with Crippen molar-refractivity contribution in [3.05, 3.63) is 34.8 Å². The van der Waals surface area contributed by atoms with E-state index in [2.05, 4.69) is 17.1 Å². The lowest BCUT2D eigenvalue weighted by Crippen LogP contribution is -2.42. The molecule has 0 spiro atoms. The Labute approximate surface area is 141 Å². The zero-order chi connectivity index (χ0) is 16.9. The molecule has 0 unspecified atom stereocenters. The van der Waals surface area contributed by atoms with Crippen LogP contribution >= 0.6 is 0 Å². The van der Waals surface area contributed by atoms with Crippen molar-refractivity contribution in [3.63, 3.8) is 0 Å². The van der Waals surface area contributed by atoms with Crippen LogP contribution in [0.5, 0.6) is 0 Å². The molecule has 6 nitrogen and oxygen atoms in total. The Morgan fingerprint density at radius 3 is 2.79 bits per heavy atom. The number of fused-ring (bicyclic) bond motifs is 1. The topological polar surface area (TPSA) is 67.5 Å². The number of amides is 1. The number of aryl methyl sites for hydroxylation is 1. The molecular weight excluding hydrogens is 306 g/mol. The first kappa shape index (κ1) is 16.8. The number of hydrogen-bond acceptors (Lipinski definition) is 4. The average Bonchev–Trinajstić information content (AvgIpc) is 3.21. The first-order valence-corrected chi connectivity index (χ1v) is 8.78. The van der Waals surface area contributed by atoms with Crippen molar-refractivity contribution in [2.45, 2.75) is 45.2 Å². The van der Waals surface area contributed by atoms with Crippen molar-refractivity contribution in [1.82, 2.24) is 14.8 Å². The number of carbonyl (C=O) groups excluding carboxylic acids is 1. The van der Waals surface area contributed by atoms with E-state index in [0.29, 0.717) is 24.7 Å². The maximum Gasteiger partial charge on any atom is 0.419 e.